The first-order valence-corrected chi connectivity index (χ1v) is 7.79. The van der Waals surface area contributed by atoms with Crippen LogP contribution in [-0.4, -0.2) is 18.6 Å². The Labute approximate surface area is 124 Å². The van der Waals surface area contributed by atoms with E-state index in [1.54, 1.807) is 11.3 Å². The zero-order chi connectivity index (χ0) is 14.3. The average Bonchev–Trinajstić information content (AvgIpc) is 2.85. The van der Waals surface area contributed by atoms with E-state index in [0.717, 1.165) is 23.6 Å². The number of rotatable bonds is 3. The van der Waals surface area contributed by atoms with Gasteiger partial charge in [0.1, 0.15) is 11.4 Å². The summed E-state index contributed by atoms with van der Waals surface area (Å²) in [6.45, 7) is 7.38. The van der Waals surface area contributed by atoms with Gasteiger partial charge in [0.05, 0.1) is 15.6 Å². The summed E-state index contributed by atoms with van der Waals surface area (Å²) in [4.78, 5) is 6.14. The van der Waals surface area contributed by atoms with Gasteiger partial charge in [-0.25, -0.2) is 4.98 Å². The number of fused-ring (bicyclic) bond motifs is 3. The Morgan fingerprint density at radius 3 is 2.85 bits per heavy atom. The number of thiazole rings is 1. The van der Waals surface area contributed by atoms with E-state index < -0.39 is 0 Å². The summed E-state index contributed by atoms with van der Waals surface area (Å²) in [6.07, 6.45) is 0. The van der Waals surface area contributed by atoms with Crippen molar-refractivity contribution < 1.29 is 4.74 Å². The number of nitrogens with one attached hydrogen (secondary N) is 1. The van der Waals surface area contributed by atoms with Crippen molar-refractivity contribution in [3.05, 3.63) is 34.2 Å². The molecule has 0 spiro atoms. The number of hydrogen-bond acceptors (Lipinski definition) is 4. The Morgan fingerprint density at radius 2 is 2.10 bits per heavy atom. The highest BCUT2D eigenvalue weighted by molar-refractivity contribution is 7.12. The zero-order valence-electron chi connectivity index (χ0n) is 12.4. The molecule has 1 aromatic carbocycles. The van der Waals surface area contributed by atoms with Crippen molar-refractivity contribution >= 4 is 11.3 Å². The summed E-state index contributed by atoms with van der Waals surface area (Å²) in [5.41, 5.74) is 1.90. The number of likely N-dealkylation sites (N-methyl/N-ethyl adjacent to an activating group) is 1. The Hall–Kier alpha value is -1.39. The van der Waals surface area contributed by atoms with E-state index in [2.05, 4.69) is 32.2 Å². The Balaban J connectivity index is 2.12. The molecular formula is C16H20N2OS. The highest BCUT2D eigenvalue weighted by Gasteiger charge is 2.36. The molecule has 0 amide bonds. The highest BCUT2D eigenvalue weighted by atomic mass is 32.1. The lowest BCUT2D eigenvalue weighted by molar-refractivity contribution is 0.109. The first-order valence-electron chi connectivity index (χ1n) is 6.97. The molecule has 1 aromatic heterocycles. The van der Waals surface area contributed by atoms with Crippen molar-refractivity contribution in [2.75, 3.05) is 13.6 Å². The quantitative estimate of drug-likeness (QED) is 0.933. The number of benzene rings is 1. The zero-order valence-corrected chi connectivity index (χ0v) is 13.2. The van der Waals surface area contributed by atoms with Crippen LogP contribution in [0.1, 0.15) is 36.6 Å². The van der Waals surface area contributed by atoms with Gasteiger partial charge in [-0.15, -0.1) is 11.3 Å². The standard InChI is InChI=1S/C16H20N2OS/c1-10(9-17-4)15-18-13-11-7-5-6-8-12(11)19-16(2,3)14(13)20-15/h5-8,10,17H,9H2,1-4H3. The van der Waals surface area contributed by atoms with E-state index in [0.29, 0.717) is 5.92 Å². The third kappa shape index (κ3) is 2.13. The Morgan fingerprint density at radius 1 is 1.35 bits per heavy atom. The number of nitrogens with zero attached hydrogens (tertiary/aromatic N) is 1. The fraction of sp³-hybridized carbons (Fsp3) is 0.438. The number of hydrogen-bond donors (Lipinski definition) is 1. The average molecular weight is 288 g/mol. The maximum Gasteiger partial charge on any atom is 0.140 e. The SMILES string of the molecule is CNCC(C)c1nc2c(s1)C(C)(C)Oc1ccccc1-2. The molecule has 0 fully saturated rings. The van der Waals surface area contributed by atoms with Crippen LogP contribution in [0.2, 0.25) is 0 Å². The summed E-state index contributed by atoms with van der Waals surface area (Å²) in [5, 5.41) is 4.40. The molecule has 0 saturated carbocycles. The molecule has 2 heterocycles. The van der Waals surface area contributed by atoms with Crippen molar-refractivity contribution in [1.29, 1.82) is 0 Å². The highest BCUT2D eigenvalue weighted by Crippen LogP contribution is 2.47. The van der Waals surface area contributed by atoms with Crippen LogP contribution in [-0.2, 0) is 5.60 Å². The van der Waals surface area contributed by atoms with Crippen molar-refractivity contribution in [1.82, 2.24) is 10.3 Å². The first kappa shape index (κ1) is 13.6. The van der Waals surface area contributed by atoms with Gasteiger partial charge in [0, 0.05) is 18.0 Å². The molecule has 1 aliphatic heterocycles. The predicted octanol–water partition coefficient (Wildman–Crippen LogP) is 3.76. The van der Waals surface area contributed by atoms with E-state index in [4.69, 9.17) is 9.72 Å². The maximum atomic E-state index is 6.15. The summed E-state index contributed by atoms with van der Waals surface area (Å²) in [7, 11) is 1.98. The van der Waals surface area contributed by atoms with Crippen LogP contribution >= 0.6 is 11.3 Å². The molecule has 0 bridgehead atoms. The second kappa shape index (κ2) is 4.86. The molecule has 1 N–H and O–H groups in total. The molecule has 1 aliphatic rings. The van der Waals surface area contributed by atoms with Gasteiger partial charge in [0.25, 0.3) is 0 Å². The van der Waals surface area contributed by atoms with Crippen molar-refractivity contribution in [2.24, 2.45) is 0 Å². The first-order chi connectivity index (χ1) is 9.53. The van der Waals surface area contributed by atoms with Crippen molar-refractivity contribution in [3.8, 4) is 17.0 Å². The summed E-state index contributed by atoms with van der Waals surface area (Å²) in [5.74, 6) is 1.35. The second-order valence-corrected chi connectivity index (χ2v) is 6.83. The monoisotopic (exact) mass is 288 g/mol. The van der Waals surface area contributed by atoms with Crippen LogP contribution in [0, 0.1) is 0 Å². The van der Waals surface area contributed by atoms with Gasteiger partial charge in [0.2, 0.25) is 0 Å². The fourth-order valence-electron chi connectivity index (χ4n) is 2.60. The van der Waals surface area contributed by atoms with Gasteiger partial charge in [-0.2, -0.15) is 0 Å². The van der Waals surface area contributed by atoms with E-state index in [-0.39, 0.29) is 5.60 Å². The number of para-hydroxylation sites is 1. The summed E-state index contributed by atoms with van der Waals surface area (Å²) in [6, 6.07) is 8.17. The van der Waals surface area contributed by atoms with Gasteiger partial charge in [-0.05, 0) is 33.0 Å². The molecule has 0 aliphatic carbocycles. The molecule has 4 heteroatoms. The van der Waals surface area contributed by atoms with Gasteiger partial charge in [-0.3, -0.25) is 0 Å². The Bertz CT molecular complexity index is 633. The molecule has 1 unspecified atom stereocenters. The van der Waals surface area contributed by atoms with Gasteiger partial charge < -0.3 is 10.1 Å². The summed E-state index contributed by atoms with van der Waals surface area (Å²) >= 11 is 1.78. The van der Waals surface area contributed by atoms with Crippen LogP contribution in [0.15, 0.2) is 24.3 Å². The Kier molecular flexibility index (Phi) is 3.30. The lowest BCUT2D eigenvalue weighted by Crippen LogP contribution is -2.27. The third-order valence-corrected chi connectivity index (χ3v) is 5.22. The third-order valence-electron chi connectivity index (χ3n) is 3.63. The molecular weight excluding hydrogens is 268 g/mol. The lowest BCUT2D eigenvalue weighted by atomic mass is 9.97. The van der Waals surface area contributed by atoms with E-state index >= 15 is 0 Å². The van der Waals surface area contributed by atoms with Crippen LogP contribution in [0.5, 0.6) is 5.75 Å². The molecule has 3 rings (SSSR count). The largest absolute Gasteiger partial charge is 0.482 e. The number of aromatic nitrogens is 1. The van der Waals surface area contributed by atoms with E-state index in [9.17, 15) is 0 Å². The van der Waals surface area contributed by atoms with Crippen LogP contribution < -0.4 is 10.1 Å². The molecule has 3 nitrogen and oxygen atoms in total. The van der Waals surface area contributed by atoms with Crippen LogP contribution in [0.25, 0.3) is 11.3 Å². The number of ether oxygens (including phenoxy) is 1. The molecule has 106 valence electrons. The molecule has 20 heavy (non-hydrogen) atoms. The minimum atomic E-state index is -0.307. The van der Waals surface area contributed by atoms with Crippen LogP contribution in [0.3, 0.4) is 0 Å². The van der Waals surface area contributed by atoms with Gasteiger partial charge in [-0.1, -0.05) is 19.1 Å². The van der Waals surface area contributed by atoms with E-state index in [1.807, 2.05) is 25.2 Å². The van der Waals surface area contributed by atoms with Gasteiger partial charge in [0.15, 0.2) is 0 Å². The molecule has 2 aromatic rings. The lowest BCUT2D eigenvalue weighted by Gasteiger charge is -2.31. The fourth-order valence-corrected chi connectivity index (χ4v) is 3.77. The minimum absolute atomic E-state index is 0.307. The molecule has 0 saturated heterocycles. The van der Waals surface area contributed by atoms with Crippen molar-refractivity contribution in [2.45, 2.75) is 32.3 Å². The summed E-state index contributed by atoms with van der Waals surface area (Å²) < 4.78 is 6.15. The van der Waals surface area contributed by atoms with Crippen LogP contribution in [0.4, 0.5) is 0 Å². The molecule has 1 atom stereocenters. The maximum absolute atomic E-state index is 6.15. The predicted molar refractivity (Wildman–Crippen MR) is 83.5 cm³/mol. The normalized spacial score (nSPS) is 17.0. The smallest absolute Gasteiger partial charge is 0.140 e. The molecule has 0 radical (unpaired) electrons. The topological polar surface area (TPSA) is 34.2 Å². The second-order valence-electron chi connectivity index (χ2n) is 5.80. The van der Waals surface area contributed by atoms with Gasteiger partial charge >= 0.3 is 0 Å². The van der Waals surface area contributed by atoms with E-state index in [1.165, 1.54) is 9.88 Å². The minimum Gasteiger partial charge on any atom is -0.482 e. The van der Waals surface area contributed by atoms with Crippen molar-refractivity contribution in [3.63, 3.8) is 0 Å².